The molecule has 1 aromatic rings. The topological polar surface area (TPSA) is 50.4 Å². The van der Waals surface area contributed by atoms with Gasteiger partial charge in [-0.2, -0.15) is 11.3 Å². The van der Waals surface area contributed by atoms with Crippen molar-refractivity contribution in [2.45, 2.75) is 37.8 Å². The lowest BCUT2D eigenvalue weighted by Crippen LogP contribution is -2.42. The molecular formula is C13H20N2O2S. The van der Waals surface area contributed by atoms with Gasteiger partial charge in [-0.05, 0) is 35.2 Å². The average Bonchev–Trinajstić information content (AvgIpc) is 3.02. The molecule has 2 rings (SSSR count). The van der Waals surface area contributed by atoms with Crippen molar-refractivity contribution in [3.63, 3.8) is 0 Å². The summed E-state index contributed by atoms with van der Waals surface area (Å²) in [6.07, 6.45) is 4.59. The molecule has 1 aromatic heterocycles. The maximum Gasteiger partial charge on any atom is 0.315 e. The van der Waals surface area contributed by atoms with Crippen LogP contribution in [0.15, 0.2) is 16.8 Å². The van der Waals surface area contributed by atoms with Gasteiger partial charge in [-0.1, -0.05) is 12.8 Å². The predicted molar refractivity (Wildman–Crippen MR) is 72.9 cm³/mol. The molecule has 0 bridgehead atoms. The third-order valence-electron chi connectivity index (χ3n) is 3.34. The molecule has 0 unspecified atom stereocenters. The molecule has 1 aliphatic carbocycles. The Morgan fingerprint density at radius 1 is 1.56 bits per heavy atom. The van der Waals surface area contributed by atoms with Crippen LogP contribution in [0.25, 0.3) is 0 Å². The van der Waals surface area contributed by atoms with Crippen LogP contribution in [0.3, 0.4) is 0 Å². The highest BCUT2D eigenvalue weighted by Crippen LogP contribution is 2.19. The second-order valence-corrected chi connectivity index (χ2v) is 5.40. The van der Waals surface area contributed by atoms with Crippen LogP contribution in [0.5, 0.6) is 0 Å². The summed E-state index contributed by atoms with van der Waals surface area (Å²) in [4.78, 5) is 11.7. The Hall–Kier alpha value is -1.07. The molecule has 1 atom stereocenters. The Balaban J connectivity index is 1.74. The molecule has 0 saturated heterocycles. The van der Waals surface area contributed by atoms with Gasteiger partial charge >= 0.3 is 6.03 Å². The van der Waals surface area contributed by atoms with E-state index in [0.717, 1.165) is 18.4 Å². The van der Waals surface area contributed by atoms with E-state index in [1.807, 2.05) is 16.8 Å². The van der Waals surface area contributed by atoms with Gasteiger partial charge in [-0.3, -0.25) is 0 Å². The quantitative estimate of drug-likeness (QED) is 0.862. The highest BCUT2D eigenvalue weighted by molar-refractivity contribution is 7.07. The number of hydrogen-bond donors (Lipinski definition) is 2. The Kier molecular flexibility index (Phi) is 5.01. The Labute approximate surface area is 112 Å². The van der Waals surface area contributed by atoms with Crippen LogP contribution in [0.2, 0.25) is 0 Å². The summed E-state index contributed by atoms with van der Waals surface area (Å²) >= 11 is 1.64. The van der Waals surface area contributed by atoms with E-state index < -0.39 is 0 Å². The van der Waals surface area contributed by atoms with Crippen molar-refractivity contribution in [2.75, 3.05) is 13.7 Å². The van der Waals surface area contributed by atoms with Gasteiger partial charge in [0.2, 0.25) is 0 Å². The van der Waals surface area contributed by atoms with E-state index in [-0.39, 0.29) is 12.1 Å². The summed E-state index contributed by atoms with van der Waals surface area (Å²) in [5.74, 6) is 0. The fourth-order valence-corrected chi connectivity index (χ4v) is 2.99. The van der Waals surface area contributed by atoms with Crippen molar-refractivity contribution in [3.8, 4) is 0 Å². The molecular weight excluding hydrogens is 248 g/mol. The minimum absolute atomic E-state index is 0.0643. The number of carbonyl (C=O) groups excluding carboxylic acids is 1. The monoisotopic (exact) mass is 268 g/mol. The summed E-state index contributed by atoms with van der Waals surface area (Å²) < 4.78 is 5.38. The highest BCUT2D eigenvalue weighted by Gasteiger charge is 2.18. The number of urea groups is 1. The number of nitrogens with one attached hydrogen (secondary N) is 2. The lowest BCUT2D eigenvalue weighted by Gasteiger charge is -2.17. The van der Waals surface area contributed by atoms with E-state index in [1.165, 1.54) is 12.8 Å². The average molecular weight is 268 g/mol. The Morgan fingerprint density at radius 2 is 2.33 bits per heavy atom. The summed E-state index contributed by atoms with van der Waals surface area (Å²) in [6, 6.07) is 2.29. The van der Waals surface area contributed by atoms with E-state index in [4.69, 9.17) is 4.74 Å². The second-order valence-electron chi connectivity index (χ2n) is 4.62. The maximum atomic E-state index is 11.7. The molecule has 4 nitrogen and oxygen atoms in total. The van der Waals surface area contributed by atoms with Crippen molar-refractivity contribution >= 4 is 17.4 Å². The fourth-order valence-electron chi connectivity index (χ4n) is 2.29. The first kappa shape index (κ1) is 13.4. The first-order valence-electron chi connectivity index (χ1n) is 6.39. The van der Waals surface area contributed by atoms with Gasteiger partial charge in [0.1, 0.15) is 6.10 Å². The van der Waals surface area contributed by atoms with Gasteiger partial charge in [-0.15, -0.1) is 0 Å². The van der Waals surface area contributed by atoms with E-state index in [1.54, 1.807) is 18.4 Å². The first-order chi connectivity index (χ1) is 8.79. The largest absolute Gasteiger partial charge is 0.375 e. The van der Waals surface area contributed by atoms with Crippen molar-refractivity contribution in [1.82, 2.24) is 10.6 Å². The second kappa shape index (κ2) is 6.75. The minimum Gasteiger partial charge on any atom is -0.375 e. The number of methoxy groups -OCH3 is 1. The van der Waals surface area contributed by atoms with Crippen LogP contribution in [-0.4, -0.2) is 25.7 Å². The van der Waals surface area contributed by atoms with E-state index in [9.17, 15) is 4.79 Å². The van der Waals surface area contributed by atoms with Crippen LogP contribution < -0.4 is 10.6 Å². The standard InChI is InChI=1S/C13H20N2O2S/c1-17-12(10-6-7-18-9-10)8-14-13(16)15-11-4-2-3-5-11/h6-7,9,11-12H,2-5,8H2,1H3,(H2,14,15,16)/t12-/m0/s1. The SMILES string of the molecule is CO[C@@H](CNC(=O)NC1CCCC1)c1ccsc1. The zero-order valence-electron chi connectivity index (χ0n) is 10.6. The number of rotatable bonds is 5. The summed E-state index contributed by atoms with van der Waals surface area (Å²) in [7, 11) is 1.67. The molecule has 0 radical (unpaired) electrons. The molecule has 100 valence electrons. The van der Waals surface area contributed by atoms with Gasteiger partial charge < -0.3 is 15.4 Å². The number of thiophene rings is 1. The first-order valence-corrected chi connectivity index (χ1v) is 7.33. The lowest BCUT2D eigenvalue weighted by atomic mass is 10.2. The summed E-state index contributed by atoms with van der Waals surface area (Å²) in [6.45, 7) is 0.506. The molecule has 0 aromatic carbocycles. The van der Waals surface area contributed by atoms with Crippen LogP contribution >= 0.6 is 11.3 Å². The summed E-state index contributed by atoms with van der Waals surface area (Å²) in [5.41, 5.74) is 1.11. The fraction of sp³-hybridized carbons (Fsp3) is 0.615. The molecule has 0 aliphatic heterocycles. The predicted octanol–water partition coefficient (Wildman–Crippen LogP) is 2.68. The van der Waals surface area contributed by atoms with E-state index in [0.29, 0.717) is 12.6 Å². The van der Waals surface area contributed by atoms with Crippen LogP contribution in [-0.2, 0) is 4.74 Å². The van der Waals surface area contributed by atoms with Gasteiger partial charge in [0, 0.05) is 19.7 Å². The van der Waals surface area contributed by atoms with Gasteiger partial charge in [0.15, 0.2) is 0 Å². The molecule has 2 N–H and O–H groups in total. The highest BCUT2D eigenvalue weighted by atomic mass is 32.1. The zero-order chi connectivity index (χ0) is 12.8. The van der Waals surface area contributed by atoms with E-state index >= 15 is 0 Å². The Morgan fingerprint density at radius 3 is 2.94 bits per heavy atom. The van der Waals surface area contributed by atoms with Crippen LogP contribution in [0.1, 0.15) is 37.4 Å². The molecule has 5 heteroatoms. The molecule has 2 amide bonds. The minimum atomic E-state index is -0.0841. The third kappa shape index (κ3) is 3.71. The zero-order valence-corrected chi connectivity index (χ0v) is 11.5. The molecule has 1 aliphatic rings. The van der Waals surface area contributed by atoms with Crippen molar-refractivity contribution in [3.05, 3.63) is 22.4 Å². The van der Waals surface area contributed by atoms with Gasteiger partial charge in [-0.25, -0.2) is 4.79 Å². The van der Waals surface area contributed by atoms with Crippen LogP contribution in [0.4, 0.5) is 4.79 Å². The maximum absolute atomic E-state index is 11.7. The van der Waals surface area contributed by atoms with Gasteiger partial charge in [0.25, 0.3) is 0 Å². The molecule has 1 saturated carbocycles. The molecule has 1 heterocycles. The van der Waals surface area contributed by atoms with E-state index in [2.05, 4.69) is 10.6 Å². The normalized spacial score (nSPS) is 17.6. The van der Waals surface area contributed by atoms with Crippen molar-refractivity contribution in [2.24, 2.45) is 0 Å². The van der Waals surface area contributed by atoms with Crippen LogP contribution in [0, 0.1) is 0 Å². The number of ether oxygens (including phenoxy) is 1. The Bertz CT molecular complexity index is 361. The number of hydrogen-bond acceptors (Lipinski definition) is 3. The molecule has 0 spiro atoms. The molecule has 1 fully saturated rings. The smallest absolute Gasteiger partial charge is 0.315 e. The third-order valence-corrected chi connectivity index (χ3v) is 4.04. The number of amides is 2. The lowest BCUT2D eigenvalue weighted by molar-refractivity contribution is 0.104. The number of carbonyl (C=O) groups is 1. The molecule has 18 heavy (non-hydrogen) atoms. The summed E-state index contributed by atoms with van der Waals surface area (Å²) in [5, 5.41) is 9.94. The van der Waals surface area contributed by atoms with Crippen molar-refractivity contribution in [1.29, 1.82) is 0 Å². The van der Waals surface area contributed by atoms with Crippen molar-refractivity contribution < 1.29 is 9.53 Å². The van der Waals surface area contributed by atoms with Gasteiger partial charge in [0.05, 0.1) is 0 Å².